The lowest BCUT2D eigenvalue weighted by molar-refractivity contribution is 0.101. The molecule has 2 rings (SSSR count). The summed E-state index contributed by atoms with van der Waals surface area (Å²) < 4.78 is 0. The van der Waals surface area contributed by atoms with Gasteiger partial charge in [0, 0.05) is 11.8 Å². The molecule has 6 heteroatoms. The highest BCUT2D eigenvalue weighted by Crippen LogP contribution is 2.24. The van der Waals surface area contributed by atoms with Crippen LogP contribution in [0.4, 0.5) is 0 Å². The van der Waals surface area contributed by atoms with E-state index in [1.165, 1.54) is 11.3 Å². The van der Waals surface area contributed by atoms with Gasteiger partial charge in [-0.25, -0.2) is 4.98 Å². The first-order valence-corrected chi connectivity index (χ1v) is 7.24. The number of aromatic nitrogens is 1. The van der Waals surface area contributed by atoms with Crippen molar-refractivity contribution < 1.29 is 4.79 Å². The maximum atomic E-state index is 11.4. The summed E-state index contributed by atoms with van der Waals surface area (Å²) in [7, 11) is 0. The molecular weight excluding hydrogens is 313 g/mol. The van der Waals surface area contributed by atoms with Crippen LogP contribution in [-0.2, 0) is 6.42 Å². The van der Waals surface area contributed by atoms with Gasteiger partial charge in [0.1, 0.15) is 5.69 Å². The Labute approximate surface area is 124 Å². The van der Waals surface area contributed by atoms with Gasteiger partial charge < -0.3 is 0 Å². The molecule has 0 amide bonds. The number of rotatable bonds is 4. The largest absolute Gasteiger partial charge is 0.291 e. The zero-order valence-electron chi connectivity index (χ0n) is 9.12. The van der Waals surface area contributed by atoms with Crippen LogP contribution in [0.2, 0.25) is 10.0 Å². The van der Waals surface area contributed by atoms with E-state index >= 15 is 0 Å². The quantitative estimate of drug-likeness (QED) is 0.615. The summed E-state index contributed by atoms with van der Waals surface area (Å²) in [5.74, 6) is -0.205. The average molecular weight is 321 g/mol. The molecule has 0 aliphatic carbocycles. The van der Waals surface area contributed by atoms with Crippen LogP contribution in [0.1, 0.15) is 21.1 Å². The maximum Gasteiger partial charge on any atom is 0.196 e. The Hall–Kier alpha value is -0.610. The van der Waals surface area contributed by atoms with Crippen molar-refractivity contribution in [1.82, 2.24) is 4.98 Å². The predicted molar refractivity (Wildman–Crippen MR) is 76.4 cm³/mol. The first-order chi connectivity index (χ1) is 8.60. The molecule has 0 spiro atoms. The predicted octanol–water partition coefficient (Wildman–Crippen LogP) is 4.46. The van der Waals surface area contributed by atoms with Gasteiger partial charge in [0.05, 0.1) is 20.9 Å². The van der Waals surface area contributed by atoms with E-state index in [2.05, 4.69) is 4.98 Å². The molecule has 1 aromatic carbocycles. The fourth-order valence-electron chi connectivity index (χ4n) is 1.41. The van der Waals surface area contributed by atoms with Crippen LogP contribution in [0.25, 0.3) is 0 Å². The molecule has 18 heavy (non-hydrogen) atoms. The molecule has 0 unspecified atom stereocenters. The van der Waals surface area contributed by atoms with Gasteiger partial charge in [-0.1, -0.05) is 29.3 Å². The molecule has 2 nitrogen and oxygen atoms in total. The smallest absolute Gasteiger partial charge is 0.196 e. The number of ketones is 1. The van der Waals surface area contributed by atoms with E-state index in [9.17, 15) is 4.79 Å². The minimum atomic E-state index is -0.159. The molecule has 0 aliphatic rings. The molecule has 0 aliphatic heterocycles. The molecule has 1 aromatic heterocycles. The van der Waals surface area contributed by atoms with E-state index in [0.717, 1.165) is 10.6 Å². The second kappa shape index (κ2) is 6.02. The van der Waals surface area contributed by atoms with Crippen LogP contribution in [0.3, 0.4) is 0 Å². The van der Waals surface area contributed by atoms with Crippen molar-refractivity contribution in [3.8, 4) is 0 Å². The van der Waals surface area contributed by atoms with Gasteiger partial charge >= 0.3 is 0 Å². The molecule has 0 bridgehead atoms. The molecule has 2 aromatic rings. The van der Waals surface area contributed by atoms with Crippen molar-refractivity contribution >= 4 is 51.9 Å². The normalized spacial score (nSPS) is 10.6. The summed E-state index contributed by atoms with van der Waals surface area (Å²) in [4.78, 5) is 15.6. The topological polar surface area (TPSA) is 30.0 Å². The molecule has 0 atom stereocenters. The Morgan fingerprint density at radius 3 is 2.72 bits per heavy atom. The maximum absolute atomic E-state index is 11.4. The van der Waals surface area contributed by atoms with Crippen molar-refractivity contribution in [2.45, 2.75) is 6.42 Å². The number of benzene rings is 1. The molecule has 94 valence electrons. The Morgan fingerprint density at radius 1 is 1.28 bits per heavy atom. The van der Waals surface area contributed by atoms with Crippen LogP contribution >= 0.6 is 46.1 Å². The van der Waals surface area contributed by atoms with E-state index in [1.807, 2.05) is 6.07 Å². The van der Waals surface area contributed by atoms with Gasteiger partial charge in [0.25, 0.3) is 0 Å². The summed E-state index contributed by atoms with van der Waals surface area (Å²) >= 11 is 18.7. The van der Waals surface area contributed by atoms with E-state index in [4.69, 9.17) is 34.8 Å². The number of Topliss-reactive ketones (excluding diaryl/α,β-unsaturated/α-hetero) is 1. The monoisotopic (exact) mass is 319 g/mol. The first kappa shape index (κ1) is 13.8. The number of hydrogen-bond donors (Lipinski definition) is 0. The molecule has 0 N–H and O–H groups in total. The summed E-state index contributed by atoms with van der Waals surface area (Å²) in [6.07, 6.45) is 0.622. The number of halogens is 3. The van der Waals surface area contributed by atoms with Gasteiger partial charge in [0.2, 0.25) is 0 Å². The zero-order chi connectivity index (χ0) is 13.1. The summed E-state index contributed by atoms with van der Waals surface area (Å²) in [6.45, 7) is 0. The van der Waals surface area contributed by atoms with Crippen LogP contribution in [0.5, 0.6) is 0 Å². The van der Waals surface area contributed by atoms with Crippen LogP contribution < -0.4 is 0 Å². The number of carbonyl (C=O) groups is 1. The lowest BCUT2D eigenvalue weighted by Gasteiger charge is -2.00. The average Bonchev–Trinajstić information content (AvgIpc) is 2.81. The van der Waals surface area contributed by atoms with Crippen molar-refractivity contribution in [3.05, 3.63) is 49.9 Å². The zero-order valence-corrected chi connectivity index (χ0v) is 12.2. The van der Waals surface area contributed by atoms with Crippen molar-refractivity contribution in [2.24, 2.45) is 0 Å². The Kier molecular flexibility index (Phi) is 4.62. The fourth-order valence-corrected chi connectivity index (χ4v) is 2.70. The van der Waals surface area contributed by atoms with Gasteiger partial charge in [-0.2, -0.15) is 0 Å². The lowest BCUT2D eigenvalue weighted by Crippen LogP contribution is -2.00. The van der Waals surface area contributed by atoms with E-state index in [0.29, 0.717) is 22.2 Å². The van der Waals surface area contributed by atoms with Crippen molar-refractivity contribution in [3.63, 3.8) is 0 Å². The van der Waals surface area contributed by atoms with E-state index < -0.39 is 0 Å². The second-order valence-corrected chi connectivity index (χ2v) is 5.63. The molecule has 0 saturated carbocycles. The Bertz CT molecular complexity index is 582. The van der Waals surface area contributed by atoms with Crippen molar-refractivity contribution in [2.75, 3.05) is 5.88 Å². The van der Waals surface area contributed by atoms with Crippen molar-refractivity contribution in [1.29, 1.82) is 0 Å². The van der Waals surface area contributed by atoms with Crippen LogP contribution in [0, 0.1) is 0 Å². The third-order valence-corrected chi connectivity index (χ3v) is 4.13. The molecule has 1 heterocycles. The molecule has 0 radical (unpaired) electrons. The summed E-state index contributed by atoms with van der Waals surface area (Å²) in [5, 5.41) is 3.61. The highest BCUT2D eigenvalue weighted by Gasteiger charge is 2.10. The summed E-state index contributed by atoms with van der Waals surface area (Å²) in [5.41, 5.74) is 1.42. The lowest BCUT2D eigenvalue weighted by atomic mass is 10.1. The van der Waals surface area contributed by atoms with E-state index in [-0.39, 0.29) is 11.7 Å². The van der Waals surface area contributed by atoms with Crippen LogP contribution in [0.15, 0.2) is 23.6 Å². The van der Waals surface area contributed by atoms with Gasteiger partial charge in [0.15, 0.2) is 5.78 Å². The van der Waals surface area contributed by atoms with Gasteiger partial charge in [-0.3, -0.25) is 4.79 Å². The highest BCUT2D eigenvalue weighted by atomic mass is 35.5. The fraction of sp³-hybridized carbons (Fsp3) is 0.167. The minimum absolute atomic E-state index is 0.0457. The van der Waals surface area contributed by atoms with E-state index in [1.54, 1.807) is 17.5 Å². The number of hydrogen-bond acceptors (Lipinski definition) is 3. The number of thiazole rings is 1. The SMILES string of the molecule is O=C(CCl)c1csc(Cc2ccc(Cl)c(Cl)c2)n1. The second-order valence-electron chi connectivity index (χ2n) is 3.61. The first-order valence-electron chi connectivity index (χ1n) is 5.07. The van der Waals surface area contributed by atoms with Gasteiger partial charge in [-0.15, -0.1) is 22.9 Å². The third kappa shape index (κ3) is 3.23. The minimum Gasteiger partial charge on any atom is -0.291 e. The van der Waals surface area contributed by atoms with Crippen LogP contribution in [-0.4, -0.2) is 16.6 Å². The Morgan fingerprint density at radius 2 is 2.06 bits per heavy atom. The highest BCUT2D eigenvalue weighted by molar-refractivity contribution is 7.09. The molecule has 0 fully saturated rings. The standard InChI is InChI=1S/C12H8Cl3NOS/c13-5-11(17)10-6-18-12(16-10)4-7-1-2-8(14)9(15)3-7/h1-3,6H,4-5H2. The number of alkyl halides is 1. The third-order valence-electron chi connectivity index (χ3n) is 2.30. The number of nitrogens with zero attached hydrogens (tertiary/aromatic N) is 1. The number of carbonyl (C=O) groups excluding carboxylic acids is 1. The van der Waals surface area contributed by atoms with Gasteiger partial charge in [-0.05, 0) is 17.7 Å². The Balaban J connectivity index is 2.16. The molecule has 0 saturated heterocycles. The summed E-state index contributed by atoms with van der Waals surface area (Å²) in [6, 6.07) is 5.44. The molecular formula is C12H8Cl3NOS.